The van der Waals surface area contributed by atoms with Gasteiger partial charge in [-0.1, -0.05) is 0 Å². The summed E-state index contributed by atoms with van der Waals surface area (Å²) in [4.78, 5) is 11.2. The molecule has 0 saturated carbocycles. The molecule has 0 spiro atoms. The quantitative estimate of drug-likeness (QED) is 0.835. The van der Waals surface area contributed by atoms with E-state index in [-0.39, 0.29) is 0 Å². The highest BCUT2D eigenvalue weighted by molar-refractivity contribution is 7.18. The Morgan fingerprint density at radius 3 is 2.89 bits per heavy atom. The third-order valence-corrected chi connectivity index (χ3v) is 4.67. The average molecular weight is 263 g/mol. The molecule has 0 aliphatic carbocycles. The summed E-state index contributed by atoms with van der Waals surface area (Å²) in [7, 11) is 2.13. The van der Waals surface area contributed by atoms with Gasteiger partial charge in [-0.3, -0.25) is 0 Å². The molecule has 1 saturated heterocycles. The van der Waals surface area contributed by atoms with Gasteiger partial charge in [-0.2, -0.15) is 0 Å². The van der Waals surface area contributed by atoms with Crippen molar-refractivity contribution in [3.63, 3.8) is 0 Å². The maximum Gasteiger partial charge on any atom is 0.150 e. The predicted octanol–water partition coefficient (Wildman–Crippen LogP) is 2.61. The highest BCUT2D eigenvalue weighted by atomic mass is 32.1. The highest BCUT2D eigenvalue weighted by Crippen LogP contribution is 2.32. The zero-order valence-electron chi connectivity index (χ0n) is 10.7. The van der Waals surface area contributed by atoms with Crippen molar-refractivity contribution in [1.29, 1.82) is 0 Å². The van der Waals surface area contributed by atoms with E-state index in [1.807, 2.05) is 0 Å². The Morgan fingerprint density at radius 2 is 2.11 bits per heavy atom. The molecule has 1 aliphatic heterocycles. The molecule has 3 rings (SSSR count). The van der Waals surface area contributed by atoms with Crippen LogP contribution in [0, 0.1) is 6.92 Å². The molecule has 1 aliphatic rings. The lowest BCUT2D eigenvalue weighted by molar-refractivity contribution is 0.0854. The van der Waals surface area contributed by atoms with E-state index < -0.39 is 0 Å². The Hall–Kier alpha value is -1.20. The fraction of sp³-hybridized carbons (Fsp3) is 0.538. The van der Waals surface area contributed by atoms with E-state index >= 15 is 0 Å². The monoisotopic (exact) mass is 263 g/mol. The Labute approximate surface area is 111 Å². The van der Waals surface area contributed by atoms with Crippen molar-refractivity contribution < 1.29 is 4.74 Å². The molecule has 1 fully saturated rings. The molecule has 0 unspecified atom stereocenters. The van der Waals surface area contributed by atoms with Gasteiger partial charge < -0.3 is 9.64 Å². The maximum atomic E-state index is 5.42. The molecule has 0 atom stereocenters. The standard InChI is InChI=1S/C13H17N3OS/c1-9-7-18-12-11(9)14-8-15-13(12)16(2)10-3-5-17-6-4-10/h7-8,10H,3-6H2,1-2H3. The minimum Gasteiger partial charge on any atom is -0.381 e. The van der Waals surface area contributed by atoms with Crippen molar-refractivity contribution in [2.45, 2.75) is 25.8 Å². The zero-order valence-corrected chi connectivity index (χ0v) is 11.5. The van der Waals surface area contributed by atoms with Crippen LogP contribution in [0.15, 0.2) is 11.7 Å². The van der Waals surface area contributed by atoms with Crippen LogP contribution in [0.1, 0.15) is 18.4 Å². The van der Waals surface area contributed by atoms with Crippen LogP contribution in [-0.2, 0) is 4.74 Å². The fourth-order valence-corrected chi connectivity index (χ4v) is 3.49. The summed E-state index contributed by atoms with van der Waals surface area (Å²) >= 11 is 1.73. The highest BCUT2D eigenvalue weighted by Gasteiger charge is 2.21. The number of nitrogens with zero attached hydrogens (tertiary/aromatic N) is 3. The van der Waals surface area contributed by atoms with Crippen molar-refractivity contribution in [2.75, 3.05) is 25.2 Å². The van der Waals surface area contributed by atoms with Crippen molar-refractivity contribution in [3.05, 3.63) is 17.3 Å². The first-order valence-corrected chi connectivity index (χ1v) is 7.14. The Balaban J connectivity index is 1.97. The summed E-state index contributed by atoms with van der Waals surface area (Å²) in [5, 5.41) is 2.15. The van der Waals surface area contributed by atoms with Gasteiger partial charge in [0.05, 0.1) is 10.2 Å². The van der Waals surface area contributed by atoms with Crippen LogP contribution in [0.25, 0.3) is 10.2 Å². The second kappa shape index (κ2) is 4.82. The van der Waals surface area contributed by atoms with Gasteiger partial charge >= 0.3 is 0 Å². The summed E-state index contributed by atoms with van der Waals surface area (Å²) in [5.74, 6) is 1.06. The third kappa shape index (κ3) is 1.97. The topological polar surface area (TPSA) is 38.2 Å². The SMILES string of the molecule is Cc1csc2c(N(C)C3CCOCC3)ncnc12. The van der Waals surface area contributed by atoms with Gasteiger partial charge in [0.15, 0.2) is 0 Å². The lowest BCUT2D eigenvalue weighted by Gasteiger charge is -2.32. The van der Waals surface area contributed by atoms with Gasteiger partial charge in [0.25, 0.3) is 0 Å². The number of aromatic nitrogens is 2. The minimum atomic E-state index is 0.527. The summed E-state index contributed by atoms with van der Waals surface area (Å²) in [5.41, 5.74) is 2.32. The first kappa shape index (κ1) is 11.9. The van der Waals surface area contributed by atoms with Gasteiger partial charge in [0, 0.05) is 26.3 Å². The smallest absolute Gasteiger partial charge is 0.150 e. The first-order valence-electron chi connectivity index (χ1n) is 6.26. The molecule has 96 valence electrons. The number of anilines is 1. The predicted molar refractivity (Wildman–Crippen MR) is 74.4 cm³/mol. The largest absolute Gasteiger partial charge is 0.381 e. The van der Waals surface area contributed by atoms with Crippen molar-refractivity contribution in [1.82, 2.24) is 9.97 Å². The third-order valence-electron chi connectivity index (χ3n) is 3.58. The van der Waals surface area contributed by atoms with Crippen LogP contribution in [0.5, 0.6) is 0 Å². The average Bonchev–Trinajstić information content (AvgIpc) is 2.81. The van der Waals surface area contributed by atoms with Crippen LogP contribution >= 0.6 is 11.3 Å². The van der Waals surface area contributed by atoms with Gasteiger partial charge in [-0.15, -0.1) is 11.3 Å². The van der Waals surface area contributed by atoms with Crippen LogP contribution in [0.3, 0.4) is 0 Å². The number of aryl methyl sites for hydroxylation is 1. The molecule has 5 heteroatoms. The lowest BCUT2D eigenvalue weighted by Crippen LogP contribution is -2.37. The zero-order chi connectivity index (χ0) is 12.5. The number of hydrogen-bond donors (Lipinski definition) is 0. The minimum absolute atomic E-state index is 0.527. The molecule has 0 N–H and O–H groups in total. The number of hydrogen-bond acceptors (Lipinski definition) is 5. The Morgan fingerprint density at radius 1 is 1.33 bits per heavy atom. The summed E-state index contributed by atoms with van der Waals surface area (Å²) < 4.78 is 6.62. The van der Waals surface area contributed by atoms with Gasteiger partial charge in [0.2, 0.25) is 0 Å². The molecular weight excluding hydrogens is 246 g/mol. The molecule has 0 radical (unpaired) electrons. The second-order valence-electron chi connectivity index (χ2n) is 4.75. The van der Waals surface area contributed by atoms with Gasteiger partial charge in [-0.05, 0) is 30.7 Å². The van der Waals surface area contributed by atoms with E-state index in [1.165, 1.54) is 10.3 Å². The molecule has 0 bridgehead atoms. The van der Waals surface area contributed by atoms with E-state index in [4.69, 9.17) is 4.74 Å². The van der Waals surface area contributed by atoms with Crippen LogP contribution < -0.4 is 4.90 Å². The molecule has 4 nitrogen and oxygen atoms in total. The molecule has 18 heavy (non-hydrogen) atoms. The van der Waals surface area contributed by atoms with E-state index in [2.05, 4.69) is 34.2 Å². The number of rotatable bonds is 2. The van der Waals surface area contributed by atoms with Crippen molar-refractivity contribution in [2.24, 2.45) is 0 Å². The van der Waals surface area contributed by atoms with Gasteiger partial charge in [0.1, 0.15) is 12.1 Å². The lowest BCUT2D eigenvalue weighted by atomic mass is 10.1. The second-order valence-corrected chi connectivity index (χ2v) is 5.63. The number of ether oxygens (including phenoxy) is 1. The van der Waals surface area contributed by atoms with Crippen LogP contribution in [0.4, 0.5) is 5.82 Å². The van der Waals surface area contributed by atoms with Gasteiger partial charge in [-0.25, -0.2) is 9.97 Å². The van der Waals surface area contributed by atoms with E-state index in [0.29, 0.717) is 6.04 Å². The number of thiophene rings is 1. The molecule has 3 heterocycles. The molecule has 0 aromatic carbocycles. The molecule has 2 aromatic rings. The van der Waals surface area contributed by atoms with E-state index in [9.17, 15) is 0 Å². The summed E-state index contributed by atoms with van der Waals surface area (Å²) in [6, 6.07) is 0.527. The molecular formula is C13H17N3OS. The van der Waals surface area contributed by atoms with Crippen molar-refractivity contribution >= 4 is 27.4 Å². The van der Waals surface area contributed by atoms with Crippen LogP contribution in [0.2, 0.25) is 0 Å². The van der Waals surface area contributed by atoms with E-state index in [1.54, 1.807) is 17.7 Å². The fourth-order valence-electron chi connectivity index (χ4n) is 2.45. The van der Waals surface area contributed by atoms with Crippen LogP contribution in [-0.4, -0.2) is 36.3 Å². The Bertz CT molecular complexity index is 548. The first-order chi connectivity index (χ1) is 8.77. The maximum absolute atomic E-state index is 5.42. The number of fused-ring (bicyclic) bond motifs is 1. The van der Waals surface area contributed by atoms with E-state index in [0.717, 1.165) is 37.4 Å². The normalized spacial score (nSPS) is 17.2. The summed E-state index contributed by atoms with van der Waals surface area (Å²) in [6.07, 6.45) is 3.83. The van der Waals surface area contributed by atoms with Crippen molar-refractivity contribution in [3.8, 4) is 0 Å². The summed E-state index contributed by atoms with van der Waals surface area (Å²) in [6.45, 7) is 3.81. The molecule has 0 amide bonds. The Kier molecular flexibility index (Phi) is 3.18. The molecule has 2 aromatic heterocycles.